The Balaban J connectivity index is 3.00. The van der Waals surface area contributed by atoms with Gasteiger partial charge in [-0.15, -0.1) is 0 Å². The summed E-state index contributed by atoms with van der Waals surface area (Å²) in [5.74, 6) is 5.11. The number of hydrogen-bond donors (Lipinski definition) is 4. The topological polar surface area (TPSA) is 98.8 Å². The van der Waals surface area contributed by atoms with Gasteiger partial charge in [-0.05, 0) is 24.6 Å². The summed E-state index contributed by atoms with van der Waals surface area (Å²) in [5.41, 5.74) is 4.42. The number of nitrogens with zero attached hydrogens (tertiary/aromatic N) is 1. The van der Waals surface area contributed by atoms with Gasteiger partial charge in [-0.25, -0.2) is 0 Å². The lowest BCUT2D eigenvalue weighted by Gasteiger charge is -2.22. The molecular weight excluding hydrogens is 234 g/mol. The predicted molar refractivity (Wildman–Crippen MR) is 69.1 cm³/mol. The minimum atomic E-state index is -0.272. The lowest BCUT2D eigenvalue weighted by molar-refractivity contribution is 0.0685. The SMILES string of the molecule is Cc1ccc(C(=O)N(CCO)CCO)c(NN)c1. The summed E-state index contributed by atoms with van der Waals surface area (Å²) in [6.45, 7) is 1.95. The smallest absolute Gasteiger partial charge is 0.256 e. The van der Waals surface area contributed by atoms with Crippen molar-refractivity contribution < 1.29 is 15.0 Å². The highest BCUT2D eigenvalue weighted by Crippen LogP contribution is 2.18. The lowest BCUT2D eigenvalue weighted by Crippen LogP contribution is -2.36. The number of aryl methyl sites for hydroxylation is 1. The fourth-order valence-corrected chi connectivity index (χ4v) is 1.69. The van der Waals surface area contributed by atoms with E-state index in [1.54, 1.807) is 12.1 Å². The molecule has 0 aliphatic heterocycles. The van der Waals surface area contributed by atoms with Crippen LogP contribution in [0.1, 0.15) is 15.9 Å². The Kier molecular flexibility index (Phi) is 5.57. The van der Waals surface area contributed by atoms with Crippen molar-refractivity contribution in [1.82, 2.24) is 4.90 Å². The molecule has 1 amide bonds. The van der Waals surface area contributed by atoms with Crippen LogP contribution in [0, 0.1) is 6.92 Å². The molecule has 0 atom stereocenters. The Bertz CT molecular complexity index is 404. The minimum absolute atomic E-state index is 0.150. The first kappa shape index (κ1) is 14.4. The number of aliphatic hydroxyl groups excluding tert-OH is 2. The molecule has 0 saturated heterocycles. The third-order valence-corrected chi connectivity index (χ3v) is 2.59. The van der Waals surface area contributed by atoms with E-state index in [9.17, 15) is 4.79 Å². The Morgan fingerprint density at radius 3 is 2.44 bits per heavy atom. The van der Waals surface area contributed by atoms with Crippen LogP contribution in [0.2, 0.25) is 0 Å². The molecule has 1 rings (SSSR count). The highest BCUT2D eigenvalue weighted by Gasteiger charge is 2.17. The molecule has 6 heteroatoms. The van der Waals surface area contributed by atoms with E-state index in [4.69, 9.17) is 16.1 Å². The van der Waals surface area contributed by atoms with Crippen LogP contribution in [0.25, 0.3) is 0 Å². The van der Waals surface area contributed by atoms with Crippen molar-refractivity contribution in [1.29, 1.82) is 0 Å². The highest BCUT2D eigenvalue weighted by molar-refractivity contribution is 5.99. The van der Waals surface area contributed by atoms with Crippen LogP contribution in [0.5, 0.6) is 0 Å². The number of hydrogen-bond acceptors (Lipinski definition) is 5. The van der Waals surface area contributed by atoms with E-state index in [2.05, 4.69) is 5.43 Å². The fraction of sp³-hybridized carbons (Fsp3) is 0.417. The molecule has 0 spiro atoms. The maximum absolute atomic E-state index is 12.2. The molecule has 18 heavy (non-hydrogen) atoms. The molecule has 0 fully saturated rings. The second-order valence-electron chi connectivity index (χ2n) is 3.93. The molecule has 0 unspecified atom stereocenters. The lowest BCUT2D eigenvalue weighted by atomic mass is 10.1. The first-order valence-electron chi connectivity index (χ1n) is 5.72. The quantitative estimate of drug-likeness (QED) is 0.412. The number of carbonyl (C=O) groups excluding carboxylic acids is 1. The number of nitrogens with one attached hydrogen (secondary N) is 1. The summed E-state index contributed by atoms with van der Waals surface area (Å²) in [6.07, 6.45) is 0. The summed E-state index contributed by atoms with van der Waals surface area (Å²) in [4.78, 5) is 13.6. The van der Waals surface area contributed by atoms with E-state index in [1.165, 1.54) is 4.90 Å². The van der Waals surface area contributed by atoms with Gasteiger partial charge in [0.15, 0.2) is 0 Å². The summed E-state index contributed by atoms with van der Waals surface area (Å²) in [5, 5.41) is 17.8. The molecule has 5 N–H and O–H groups in total. The van der Waals surface area contributed by atoms with Gasteiger partial charge in [-0.3, -0.25) is 10.6 Å². The van der Waals surface area contributed by atoms with Gasteiger partial charge in [-0.1, -0.05) is 6.07 Å². The minimum Gasteiger partial charge on any atom is -0.395 e. The average molecular weight is 253 g/mol. The van der Waals surface area contributed by atoms with Crippen molar-refractivity contribution in [2.24, 2.45) is 5.84 Å². The molecule has 6 nitrogen and oxygen atoms in total. The number of nitrogens with two attached hydrogens (primary N) is 1. The number of anilines is 1. The Morgan fingerprint density at radius 2 is 1.94 bits per heavy atom. The third-order valence-electron chi connectivity index (χ3n) is 2.59. The Morgan fingerprint density at radius 1 is 1.33 bits per heavy atom. The van der Waals surface area contributed by atoms with Crippen molar-refractivity contribution in [2.45, 2.75) is 6.92 Å². The number of benzene rings is 1. The van der Waals surface area contributed by atoms with E-state index in [0.29, 0.717) is 11.3 Å². The number of rotatable bonds is 6. The van der Waals surface area contributed by atoms with Crippen molar-refractivity contribution in [2.75, 3.05) is 31.7 Å². The van der Waals surface area contributed by atoms with Crippen molar-refractivity contribution in [3.8, 4) is 0 Å². The summed E-state index contributed by atoms with van der Waals surface area (Å²) < 4.78 is 0. The normalized spacial score (nSPS) is 10.2. The fourth-order valence-electron chi connectivity index (χ4n) is 1.69. The average Bonchev–Trinajstić information content (AvgIpc) is 2.37. The van der Waals surface area contributed by atoms with Crippen LogP contribution in [0.15, 0.2) is 18.2 Å². The van der Waals surface area contributed by atoms with Crippen LogP contribution >= 0.6 is 0 Å². The van der Waals surface area contributed by atoms with Gasteiger partial charge >= 0.3 is 0 Å². The van der Waals surface area contributed by atoms with E-state index in [0.717, 1.165) is 5.56 Å². The highest BCUT2D eigenvalue weighted by atomic mass is 16.3. The molecule has 0 aromatic heterocycles. The zero-order valence-electron chi connectivity index (χ0n) is 10.4. The molecule has 0 aliphatic carbocycles. The van der Waals surface area contributed by atoms with Gasteiger partial charge in [0.2, 0.25) is 0 Å². The van der Waals surface area contributed by atoms with Crippen LogP contribution in [0.4, 0.5) is 5.69 Å². The number of nitrogen functional groups attached to an aromatic ring is 1. The second-order valence-corrected chi connectivity index (χ2v) is 3.93. The molecule has 1 aromatic carbocycles. The van der Waals surface area contributed by atoms with Crippen LogP contribution < -0.4 is 11.3 Å². The summed E-state index contributed by atoms with van der Waals surface area (Å²) >= 11 is 0. The predicted octanol–water partition coefficient (Wildman–Crippen LogP) is -0.293. The molecule has 0 heterocycles. The van der Waals surface area contributed by atoms with Gasteiger partial charge in [0.25, 0.3) is 5.91 Å². The van der Waals surface area contributed by atoms with Gasteiger partial charge < -0.3 is 20.5 Å². The van der Waals surface area contributed by atoms with Gasteiger partial charge in [0.05, 0.1) is 24.5 Å². The summed E-state index contributed by atoms with van der Waals surface area (Å²) in [6, 6.07) is 5.25. The van der Waals surface area contributed by atoms with E-state index in [1.807, 2.05) is 13.0 Å². The van der Waals surface area contributed by atoms with Gasteiger partial charge in [0, 0.05) is 13.1 Å². The Hall–Kier alpha value is -1.63. The van der Waals surface area contributed by atoms with Gasteiger partial charge in [0.1, 0.15) is 0 Å². The summed E-state index contributed by atoms with van der Waals surface area (Å²) in [7, 11) is 0. The third kappa shape index (κ3) is 3.43. The molecule has 0 radical (unpaired) electrons. The molecule has 100 valence electrons. The van der Waals surface area contributed by atoms with Crippen molar-refractivity contribution in [3.05, 3.63) is 29.3 Å². The van der Waals surface area contributed by atoms with Gasteiger partial charge in [-0.2, -0.15) is 0 Å². The van der Waals surface area contributed by atoms with Crippen LogP contribution in [-0.2, 0) is 0 Å². The van der Waals surface area contributed by atoms with E-state index < -0.39 is 0 Å². The maximum Gasteiger partial charge on any atom is 0.256 e. The second kappa shape index (κ2) is 6.95. The Labute approximate surface area is 106 Å². The van der Waals surface area contributed by atoms with Crippen LogP contribution in [-0.4, -0.2) is 47.3 Å². The number of aliphatic hydroxyl groups is 2. The van der Waals surface area contributed by atoms with Crippen molar-refractivity contribution >= 4 is 11.6 Å². The van der Waals surface area contributed by atoms with Crippen molar-refractivity contribution in [3.63, 3.8) is 0 Å². The zero-order chi connectivity index (χ0) is 13.5. The van der Waals surface area contributed by atoms with E-state index >= 15 is 0 Å². The number of carbonyl (C=O) groups is 1. The first-order chi connectivity index (χ1) is 8.63. The largest absolute Gasteiger partial charge is 0.395 e. The standard InChI is InChI=1S/C12H19N3O3/c1-9-2-3-10(11(8-9)14-13)12(18)15(4-6-16)5-7-17/h2-3,8,14,16-17H,4-7,13H2,1H3. The number of hydrazine groups is 1. The number of amides is 1. The molecule has 0 aliphatic rings. The maximum atomic E-state index is 12.2. The molecule has 0 bridgehead atoms. The molecular formula is C12H19N3O3. The zero-order valence-corrected chi connectivity index (χ0v) is 10.4. The molecule has 0 saturated carbocycles. The monoisotopic (exact) mass is 253 g/mol. The molecule has 1 aromatic rings. The van der Waals surface area contributed by atoms with Crippen LogP contribution in [0.3, 0.4) is 0 Å². The first-order valence-corrected chi connectivity index (χ1v) is 5.72. The van der Waals surface area contributed by atoms with E-state index in [-0.39, 0.29) is 32.2 Å².